The second-order valence-corrected chi connectivity index (χ2v) is 5.95. The SMILES string of the molecule is O=C1NC(=S)OC1=Cc1c[nH]c2ccc(OCc3ccccc3)cc12. The van der Waals surface area contributed by atoms with Gasteiger partial charge in [0.1, 0.15) is 12.4 Å². The van der Waals surface area contributed by atoms with Crippen LogP contribution in [0, 0.1) is 0 Å². The summed E-state index contributed by atoms with van der Waals surface area (Å²) in [5, 5.41) is 3.45. The van der Waals surface area contributed by atoms with Crippen molar-refractivity contribution >= 4 is 40.3 Å². The molecule has 1 aliphatic heterocycles. The lowest BCUT2D eigenvalue weighted by atomic mass is 10.1. The van der Waals surface area contributed by atoms with E-state index < -0.39 is 0 Å². The van der Waals surface area contributed by atoms with Gasteiger partial charge >= 0.3 is 0 Å². The van der Waals surface area contributed by atoms with Gasteiger partial charge in [0.15, 0.2) is 5.76 Å². The lowest BCUT2D eigenvalue weighted by molar-refractivity contribution is -0.116. The zero-order valence-corrected chi connectivity index (χ0v) is 13.9. The van der Waals surface area contributed by atoms with E-state index in [2.05, 4.69) is 10.3 Å². The zero-order valence-electron chi connectivity index (χ0n) is 13.1. The Kier molecular flexibility index (Phi) is 3.95. The fourth-order valence-electron chi connectivity index (χ4n) is 2.63. The summed E-state index contributed by atoms with van der Waals surface area (Å²) in [4.78, 5) is 14.9. The topological polar surface area (TPSA) is 63.3 Å². The molecule has 0 radical (unpaired) electrons. The molecule has 4 rings (SSSR count). The summed E-state index contributed by atoms with van der Waals surface area (Å²) in [6, 6.07) is 15.8. The quantitative estimate of drug-likeness (QED) is 0.558. The van der Waals surface area contributed by atoms with Crippen molar-refractivity contribution in [2.45, 2.75) is 6.61 Å². The van der Waals surface area contributed by atoms with Gasteiger partial charge in [0.25, 0.3) is 11.1 Å². The van der Waals surface area contributed by atoms with Gasteiger partial charge in [-0.15, -0.1) is 0 Å². The zero-order chi connectivity index (χ0) is 17.2. The molecule has 0 aliphatic carbocycles. The van der Waals surface area contributed by atoms with Crippen molar-refractivity contribution < 1.29 is 14.3 Å². The van der Waals surface area contributed by atoms with Gasteiger partial charge in [0.05, 0.1) is 0 Å². The number of aromatic nitrogens is 1. The minimum Gasteiger partial charge on any atom is -0.489 e. The molecular weight excluding hydrogens is 336 g/mol. The number of nitrogens with one attached hydrogen (secondary N) is 2. The van der Waals surface area contributed by atoms with Crippen LogP contribution in [0.4, 0.5) is 0 Å². The Morgan fingerprint density at radius 2 is 2.00 bits per heavy atom. The fourth-order valence-corrected chi connectivity index (χ4v) is 2.82. The summed E-state index contributed by atoms with van der Waals surface area (Å²) in [6.45, 7) is 0.493. The van der Waals surface area contributed by atoms with Crippen LogP contribution in [0.3, 0.4) is 0 Å². The molecule has 124 valence electrons. The van der Waals surface area contributed by atoms with Gasteiger partial charge < -0.3 is 14.5 Å². The van der Waals surface area contributed by atoms with Gasteiger partial charge in [-0.25, -0.2) is 0 Å². The van der Waals surface area contributed by atoms with E-state index in [0.717, 1.165) is 27.8 Å². The van der Waals surface area contributed by atoms with E-state index >= 15 is 0 Å². The molecule has 2 N–H and O–H groups in total. The van der Waals surface area contributed by atoms with Crippen molar-refractivity contribution in [3.05, 3.63) is 71.6 Å². The van der Waals surface area contributed by atoms with Crippen LogP contribution in [0.1, 0.15) is 11.1 Å². The maximum Gasteiger partial charge on any atom is 0.294 e. The summed E-state index contributed by atoms with van der Waals surface area (Å²) < 4.78 is 11.1. The molecule has 6 heteroatoms. The number of amides is 1. The average Bonchev–Trinajstić information content (AvgIpc) is 3.17. The highest BCUT2D eigenvalue weighted by molar-refractivity contribution is 7.80. The summed E-state index contributed by atoms with van der Waals surface area (Å²) in [6.07, 6.45) is 3.48. The van der Waals surface area contributed by atoms with E-state index in [0.29, 0.717) is 6.61 Å². The predicted octanol–water partition coefficient (Wildman–Crippen LogP) is 3.52. The summed E-state index contributed by atoms with van der Waals surface area (Å²) in [5.74, 6) is 0.597. The van der Waals surface area contributed by atoms with E-state index in [1.54, 1.807) is 6.08 Å². The first kappa shape index (κ1) is 15.4. The molecule has 0 atom stereocenters. The molecule has 2 heterocycles. The number of hydrogen-bond donors (Lipinski definition) is 2. The van der Waals surface area contributed by atoms with Crippen LogP contribution in [-0.4, -0.2) is 16.1 Å². The van der Waals surface area contributed by atoms with E-state index in [1.807, 2.05) is 54.7 Å². The summed E-state index contributed by atoms with van der Waals surface area (Å²) in [7, 11) is 0. The molecule has 1 amide bonds. The van der Waals surface area contributed by atoms with Gasteiger partial charge in [-0.05, 0) is 42.1 Å². The van der Waals surface area contributed by atoms with Gasteiger partial charge in [-0.2, -0.15) is 0 Å². The maximum absolute atomic E-state index is 11.7. The van der Waals surface area contributed by atoms with Crippen LogP contribution >= 0.6 is 12.2 Å². The molecule has 1 fully saturated rings. The largest absolute Gasteiger partial charge is 0.489 e. The van der Waals surface area contributed by atoms with E-state index in [4.69, 9.17) is 21.7 Å². The lowest BCUT2D eigenvalue weighted by Crippen LogP contribution is -2.18. The Hall–Kier alpha value is -3.12. The highest BCUT2D eigenvalue weighted by atomic mass is 32.1. The molecule has 3 aromatic rings. The van der Waals surface area contributed by atoms with Crippen molar-refractivity contribution in [3.63, 3.8) is 0 Å². The first-order chi connectivity index (χ1) is 12.2. The van der Waals surface area contributed by atoms with E-state index in [-0.39, 0.29) is 16.8 Å². The second-order valence-electron chi connectivity index (χ2n) is 5.58. The van der Waals surface area contributed by atoms with Crippen LogP contribution in [0.5, 0.6) is 5.75 Å². The fraction of sp³-hybridized carbons (Fsp3) is 0.0526. The van der Waals surface area contributed by atoms with Gasteiger partial charge in [0, 0.05) is 22.7 Å². The number of rotatable bonds is 4. The van der Waals surface area contributed by atoms with Gasteiger partial charge in [0.2, 0.25) is 0 Å². The lowest BCUT2D eigenvalue weighted by Gasteiger charge is -2.06. The normalized spacial score (nSPS) is 15.4. The number of benzene rings is 2. The molecule has 0 spiro atoms. The number of ether oxygens (including phenoxy) is 2. The second kappa shape index (κ2) is 6.41. The number of hydrogen-bond acceptors (Lipinski definition) is 4. The molecule has 1 aliphatic rings. The van der Waals surface area contributed by atoms with E-state index in [1.165, 1.54) is 0 Å². The van der Waals surface area contributed by atoms with Gasteiger partial charge in [-0.3, -0.25) is 10.1 Å². The Balaban J connectivity index is 1.60. The minimum atomic E-state index is -0.337. The van der Waals surface area contributed by atoms with Crippen molar-refractivity contribution in [2.24, 2.45) is 0 Å². The third-order valence-electron chi connectivity index (χ3n) is 3.86. The number of carbonyl (C=O) groups excluding carboxylic acids is 1. The van der Waals surface area contributed by atoms with Gasteiger partial charge in [-0.1, -0.05) is 30.3 Å². The molecule has 0 saturated carbocycles. The Morgan fingerprint density at radius 3 is 2.76 bits per heavy atom. The summed E-state index contributed by atoms with van der Waals surface area (Å²) >= 11 is 4.84. The molecule has 25 heavy (non-hydrogen) atoms. The summed E-state index contributed by atoms with van der Waals surface area (Å²) in [5.41, 5.74) is 2.87. The van der Waals surface area contributed by atoms with Crippen molar-refractivity contribution in [2.75, 3.05) is 0 Å². The first-order valence-corrected chi connectivity index (χ1v) is 8.12. The Bertz CT molecular complexity index is 992. The van der Waals surface area contributed by atoms with Crippen molar-refractivity contribution in [3.8, 4) is 5.75 Å². The third-order valence-corrected chi connectivity index (χ3v) is 4.05. The number of fused-ring (bicyclic) bond motifs is 1. The number of thiocarbonyl (C=S) groups is 1. The monoisotopic (exact) mass is 350 g/mol. The molecule has 5 nitrogen and oxygen atoms in total. The Labute approximate surface area is 149 Å². The standard InChI is InChI=1S/C19H14N2O3S/c22-18-17(24-19(25)21-18)8-13-10-20-16-7-6-14(9-15(13)16)23-11-12-4-2-1-3-5-12/h1-10,20H,11H2,(H,21,22,25). The number of aromatic amines is 1. The highest BCUT2D eigenvalue weighted by Gasteiger charge is 2.23. The van der Waals surface area contributed by atoms with Crippen LogP contribution in [0.2, 0.25) is 0 Å². The molecule has 0 bridgehead atoms. The predicted molar refractivity (Wildman–Crippen MR) is 98.9 cm³/mol. The molecule has 1 aromatic heterocycles. The van der Waals surface area contributed by atoms with Crippen molar-refractivity contribution in [1.29, 1.82) is 0 Å². The Morgan fingerprint density at radius 1 is 1.16 bits per heavy atom. The highest BCUT2D eigenvalue weighted by Crippen LogP contribution is 2.26. The molecular formula is C19H14N2O3S. The van der Waals surface area contributed by atoms with Crippen LogP contribution in [-0.2, 0) is 16.1 Å². The minimum absolute atomic E-state index is 0.0722. The average molecular weight is 350 g/mol. The smallest absolute Gasteiger partial charge is 0.294 e. The van der Waals surface area contributed by atoms with Crippen molar-refractivity contribution in [1.82, 2.24) is 10.3 Å². The molecule has 2 aromatic carbocycles. The first-order valence-electron chi connectivity index (χ1n) is 7.72. The van der Waals surface area contributed by atoms with E-state index in [9.17, 15) is 4.79 Å². The van der Waals surface area contributed by atoms with Crippen LogP contribution < -0.4 is 10.1 Å². The number of carbonyl (C=O) groups is 1. The van der Waals surface area contributed by atoms with Crippen LogP contribution in [0.15, 0.2) is 60.5 Å². The van der Waals surface area contributed by atoms with Crippen LogP contribution in [0.25, 0.3) is 17.0 Å². The molecule has 0 unspecified atom stereocenters. The third kappa shape index (κ3) is 3.25. The maximum atomic E-state index is 11.7. The number of H-pyrrole nitrogens is 1. The molecule has 1 saturated heterocycles.